The summed E-state index contributed by atoms with van der Waals surface area (Å²) in [6, 6.07) is 6.39. The summed E-state index contributed by atoms with van der Waals surface area (Å²) in [7, 11) is 3.91. The third-order valence-electron chi connectivity index (χ3n) is 3.03. The number of aryl methyl sites for hydroxylation is 2. The number of aromatic nitrogens is 2. The lowest BCUT2D eigenvalue weighted by Crippen LogP contribution is -2.21. The SMILES string of the molecule is CNC(c1cccc(C)c1Br)c1c(Br)cnn1C. The second-order valence-electron chi connectivity index (χ2n) is 4.20. The smallest absolute Gasteiger partial charge is 0.0768 e. The van der Waals surface area contributed by atoms with Crippen molar-refractivity contribution in [2.75, 3.05) is 7.05 Å². The van der Waals surface area contributed by atoms with Gasteiger partial charge < -0.3 is 5.32 Å². The van der Waals surface area contributed by atoms with Gasteiger partial charge in [0.1, 0.15) is 0 Å². The van der Waals surface area contributed by atoms with E-state index in [1.807, 2.05) is 25.0 Å². The Kier molecular flexibility index (Phi) is 4.25. The van der Waals surface area contributed by atoms with Crippen LogP contribution in [0.4, 0.5) is 0 Å². The van der Waals surface area contributed by atoms with Crippen molar-refractivity contribution in [2.45, 2.75) is 13.0 Å². The van der Waals surface area contributed by atoms with Gasteiger partial charge in [0.15, 0.2) is 0 Å². The molecule has 0 aliphatic rings. The Morgan fingerprint density at radius 3 is 2.61 bits per heavy atom. The molecule has 0 radical (unpaired) electrons. The van der Waals surface area contributed by atoms with E-state index in [4.69, 9.17) is 0 Å². The predicted octanol–water partition coefficient (Wildman–Crippen LogP) is 3.56. The molecule has 0 aliphatic carbocycles. The highest BCUT2D eigenvalue weighted by molar-refractivity contribution is 9.10. The zero-order valence-corrected chi connectivity index (χ0v) is 13.7. The van der Waals surface area contributed by atoms with Gasteiger partial charge in [0.25, 0.3) is 0 Å². The first kappa shape index (κ1) is 13.8. The standard InChI is InChI=1S/C13H15Br2N3/c1-8-5-4-6-9(11(8)15)12(16-2)13-10(14)7-17-18(13)3/h4-7,12,16H,1-3H3. The van der Waals surface area contributed by atoms with E-state index in [1.54, 1.807) is 0 Å². The molecule has 0 bridgehead atoms. The van der Waals surface area contributed by atoms with Crippen molar-refractivity contribution in [3.63, 3.8) is 0 Å². The number of hydrogen-bond donors (Lipinski definition) is 1. The number of halogens is 2. The molecule has 0 fully saturated rings. The number of nitrogens with zero attached hydrogens (tertiary/aromatic N) is 2. The fourth-order valence-corrected chi connectivity index (χ4v) is 3.15. The topological polar surface area (TPSA) is 29.9 Å². The van der Waals surface area contributed by atoms with Crippen LogP contribution in [-0.4, -0.2) is 16.8 Å². The molecule has 18 heavy (non-hydrogen) atoms. The van der Waals surface area contributed by atoms with E-state index in [1.165, 1.54) is 11.1 Å². The minimum atomic E-state index is 0.0983. The van der Waals surface area contributed by atoms with E-state index in [-0.39, 0.29) is 6.04 Å². The molecule has 1 heterocycles. The van der Waals surface area contributed by atoms with Crippen LogP contribution in [0.5, 0.6) is 0 Å². The Hall–Kier alpha value is -0.650. The highest BCUT2D eigenvalue weighted by atomic mass is 79.9. The molecule has 96 valence electrons. The van der Waals surface area contributed by atoms with E-state index >= 15 is 0 Å². The third-order valence-corrected chi connectivity index (χ3v) is 4.73. The van der Waals surface area contributed by atoms with Crippen LogP contribution in [0, 0.1) is 6.92 Å². The molecule has 0 amide bonds. The van der Waals surface area contributed by atoms with E-state index < -0.39 is 0 Å². The van der Waals surface area contributed by atoms with Gasteiger partial charge in [-0.3, -0.25) is 4.68 Å². The molecule has 0 aliphatic heterocycles. The van der Waals surface area contributed by atoms with Crippen LogP contribution < -0.4 is 5.32 Å². The van der Waals surface area contributed by atoms with E-state index in [9.17, 15) is 0 Å². The fraction of sp³-hybridized carbons (Fsp3) is 0.308. The van der Waals surface area contributed by atoms with Crippen LogP contribution in [0.1, 0.15) is 22.9 Å². The van der Waals surface area contributed by atoms with Crippen LogP contribution in [0.2, 0.25) is 0 Å². The van der Waals surface area contributed by atoms with Crippen LogP contribution >= 0.6 is 31.9 Å². The number of nitrogens with one attached hydrogen (secondary N) is 1. The molecule has 1 N–H and O–H groups in total. The highest BCUT2D eigenvalue weighted by Gasteiger charge is 2.21. The Balaban J connectivity index is 2.56. The van der Waals surface area contributed by atoms with Gasteiger partial charge >= 0.3 is 0 Å². The first-order valence-electron chi connectivity index (χ1n) is 5.66. The first-order chi connectivity index (χ1) is 8.56. The molecule has 3 nitrogen and oxygen atoms in total. The second kappa shape index (κ2) is 5.55. The third kappa shape index (κ3) is 2.39. The first-order valence-corrected chi connectivity index (χ1v) is 7.24. The molecule has 5 heteroatoms. The number of rotatable bonds is 3. The monoisotopic (exact) mass is 371 g/mol. The van der Waals surface area contributed by atoms with Gasteiger partial charge in [0, 0.05) is 11.5 Å². The largest absolute Gasteiger partial charge is 0.308 e. The predicted molar refractivity (Wildman–Crippen MR) is 80.7 cm³/mol. The molecule has 0 spiro atoms. The van der Waals surface area contributed by atoms with Crippen molar-refractivity contribution in [3.05, 3.63) is 50.2 Å². The maximum absolute atomic E-state index is 4.28. The average Bonchev–Trinajstić information content (AvgIpc) is 2.67. The maximum Gasteiger partial charge on any atom is 0.0768 e. The summed E-state index contributed by atoms with van der Waals surface area (Å²) in [5.41, 5.74) is 3.55. The molecule has 1 aromatic carbocycles. The lowest BCUT2D eigenvalue weighted by molar-refractivity contribution is 0.602. The fourth-order valence-electron chi connectivity index (χ4n) is 2.08. The van der Waals surface area contributed by atoms with Crippen molar-refractivity contribution in [2.24, 2.45) is 7.05 Å². The van der Waals surface area contributed by atoms with Gasteiger partial charge in [-0.1, -0.05) is 34.1 Å². The summed E-state index contributed by atoms with van der Waals surface area (Å²) in [6.07, 6.45) is 1.82. The van der Waals surface area contributed by atoms with Crippen molar-refractivity contribution in [1.29, 1.82) is 0 Å². The van der Waals surface area contributed by atoms with Gasteiger partial charge in [0.05, 0.1) is 22.4 Å². The van der Waals surface area contributed by atoms with Crippen molar-refractivity contribution in [1.82, 2.24) is 15.1 Å². The lowest BCUT2D eigenvalue weighted by Gasteiger charge is -2.20. The summed E-state index contributed by atoms with van der Waals surface area (Å²) in [6.45, 7) is 2.10. The van der Waals surface area contributed by atoms with E-state index in [0.717, 1.165) is 14.6 Å². The quantitative estimate of drug-likeness (QED) is 0.892. The Bertz CT molecular complexity index is 544. The summed E-state index contributed by atoms with van der Waals surface area (Å²) < 4.78 is 4.04. The van der Waals surface area contributed by atoms with Crippen molar-refractivity contribution in [3.8, 4) is 0 Å². The maximum atomic E-state index is 4.28. The summed E-state index contributed by atoms with van der Waals surface area (Å²) >= 11 is 7.23. The minimum absolute atomic E-state index is 0.0983. The van der Waals surface area contributed by atoms with Crippen molar-refractivity contribution >= 4 is 31.9 Å². The minimum Gasteiger partial charge on any atom is -0.308 e. The van der Waals surface area contributed by atoms with Crippen LogP contribution in [0.15, 0.2) is 33.3 Å². The van der Waals surface area contributed by atoms with Gasteiger partial charge in [-0.05, 0) is 41.0 Å². The van der Waals surface area contributed by atoms with Gasteiger partial charge in [0.2, 0.25) is 0 Å². The van der Waals surface area contributed by atoms with Crippen LogP contribution in [0.25, 0.3) is 0 Å². The molecule has 1 atom stereocenters. The Morgan fingerprint density at radius 2 is 2.06 bits per heavy atom. The second-order valence-corrected chi connectivity index (χ2v) is 5.85. The summed E-state index contributed by atoms with van der Waals surface area (Å²) in [5.74, 6) is 0. The van der Waals surface area contributed by atoms with Crippen LogP contribution in [-0.2, 0) is 7.05 Å². The highest BCUT2D eigenvalue weighted by Crippen LogP contribution is 2.33. The molecule has 1 aromatic heterocycles. The van der Waals surface area contributed by atoms with Gasteiger partial charge in [-0.2, -0.15) is 5.10 Å². The Morgan fingerprint density at radius 1 is 1.33 bits per heavy atom. The van der Waals surface area contributed by atoms with Gasteiger partial charge in [-0.25, -0.2) is 0 Å². The zero-order valence-electron chi connectivity index (χ0n) is 10.5. The Labute approximate surface area is 124 Å². The average molecular weight is 373 g/mol. The zero-order chi connectivity index (χ0) is 13.3. The molecular weight excluding hydrogens is 358 g/mol. The summed E-state index contributed by atoms with van der Waals surface area (Å²) in [5, 5.41) is 7.63. The normalized spacial score (nSPS) is 12.7. The van der Waals surface area contributed by atoms with Crippen LogP contribution in [0.3, 0.4) is 0 Å². The molecule has 0 saturated carbocycles. The number of hydrogen-bond acceptors (Lipinski definition) is 2. The van der Waals surface area contributed by atoms with E-state index in [0.29, 0.717) is 0 Å². The number of benzene rings is 1. The molecule has 1 unspecified atom stereocenters. The van der Waals surface area contributed by atoms with Crippen molar-refractivity contribution < 1.29 is 0 Å². The molecule has 0 saturated heterocycles. The molecule has 2 aromatic rings. The van der Waals surface area contributed by atoms with E-state index in [2.05, 4.69) is 67.4 Å². The lowest BCUT2D eigenvalue weighted by atomic mass is 10.0. The summed E-state index contributed by atoms with van der Waals surface area (Å²) in [4.78, 5) is 0. The van der Waals surface area contributed by atoms with Gasteiger partial charge in [-0.15, -0.1) is 0 Å². The molecular formula is C13H15Br2N3. The molecule has 2 rings (SSSR count).